The number of hydrogen-bond donors (Lipinski definition) is 2. The van der Waals surface area contributed by atoms with Crippen LogP contribution in [0.25, 0.3) is 21.5 Å². The molecule has 0 aliphatic heterocycles. The Kier molecular flexibility index (Phi) is 2.83. The molecule has 6 heteroatoms. The molecule has 0 amide bonds. The molecule has 3 aromatic carbocycles. The van der Waals surface area contributed by atoms with Crippen molar-refractivity contribution in [2.24, 2.45) is 0 Å². The van der Waals surface area contributed by atoms with Gasteiger partial charge in [-0.15, -0.1) is 0 Å². The van der Waals surface area contributed by atoms with Crippen LogP contribution in [-0.4, -0.2) is 13.0 Å². The number of rotatable bonds is 1. The van der Waals surface area contributed by atoms with Crippen LogP contribution >= 0.6 is 0 Å². The molecule has 0 aliphatic rings. The first-order chi connectivity index (χ1) is 9.91. The first kappa shape index (κ1) is 13.4. The van der Waals surface area contributed by atoms with Crippen LogP contribution in [0.4, 0.5) is 5.69 Å². The highest BCUT2D eigenvalue weighted by atomic mass is 32.2. The van der Waals surface area contributed by atoms with Crippen molar-refractivity contribution in [2.45, 2.75) is 4.90 Å². The summed E-state index contributed by atoms with van der Waals surface area (Å²) in [7, 11) is -4.54. The van der Waals surface area contributed by atoms with Gasteiger partial charge in [-0.05, 0) is 34.4 Å². The van der Waals surface area contributed by atoms with E-state index in [0.717, 1.165) is 10.8 Å². The normalized spacial score (nSPS) is 11.6. The largest absolute Gasteiger partial charge is 0.397 e. The van der Waals surface area contributed by atoms with Crippen LogP contribution in [0.1, 0.15) is 5.56 Å². The van der Waals surface area contributed by atoms with Gasteiger partial charge in [-0.2, -0.15) is 13.7 Å². The molecular formula is C15H10N2O3S. The highest BCUT2D eigenvalue weighted by molar-refractivity contribution is 7.86. The first-order valence-corrected chi connectivity index (χ1v) is 7.48. The van der Waals surface area contributed by atoms with Crippen LogP contribution in [0.2, 0.25) is 0 Å². The second-order valence-corrected chi connectivity index (χ2v) is 6.03. The maximum absolute atomic E-state index is 11.6. The second-order valence-electron chi connectivity index (χ2n) is 4.67. The van der Waals surface area contributed by atoms with Gasteiger partial charge in [0.1, 0.15) is 11.0 Å². The minimum atomic E-state index is -4.54. The van der Waals surface area contributed by atoms with E-state index in [1.807, 2.05) is 30.3 Å². The van der Waals surface area contributed by atoms with E-state index < -0.39 is 15.0 Å². The van der Waals surface area contributed by atoms with E-state index in [9.17, 15) is 13.0 Å². The van der Waals surface area contributed by atoms with Crippen molar-refractivity contribution in [3.05, 3.63) is 48.0 Å². The molecule has 0 radical (unpaired) electrons. The Hall–Kier alpha value is -2.62. The molecule has 104 valence electrons. The van der Waals surface area contributed by atoms with Crippen molar-refractivity contribution in [3.8, 4) is 6.07 Å². The summed E-state index contributed by atoms with van der Waals surface area (Å²) in [4.78, 5) is -0.415. The van der Waals surface area contributed by atoms with Crippen LogP contribution < -0.4 is 5.73 Å². The molecule has 3 aromatic rings. The molecule has 0 bridgehead atoms. The fourth-order valence-electron chi connectivity index (χ4n) is 2.45. The standard InChI is InChI=1S/C15H10N2O3S/c16-8-12-6-11-5-9-3-1-2-4-10(9)7-13(11)15(14(12)17)21(18,19)20/h1-7H,17H2,(H,18,19,20). The smallest absolute Gasteiger partial charge is 0.297 e. The molecule has 0 atom stereocenters. The van der Waals surface area contributed by atoms with E-state index in [-0.39, 0.29) is 11.3 Å². The van der Waals surface area contributed by atoms with Gasteiger partial charge >= 0.3 is 0 Å². The summed E-state index contributed by atoms with van der Waals surface area (Å²) in [6.45, 7) is 0. The highest BCUT2D eigenvalue weighted by Gasteiger charge is 2.21. The highest BCUT2D eigenvalue weighted by Crippen LogP contribution is 2.34. The molecule has 5 nitrogen and oxygen atoms in total. The maximum atomic E-state index is 11.6. The number of nitrogens with two attached hydrogens (primary N) is 1. The third kappa shape index (κ3) is 2.09. The number of nitriles is 1. The van der Waals surface area contributed by atoms with E-state index in [1.165, 1.54) is 6.07 Å². The van der Waals surface area contributed by atoms with Crippen LogP contribution in [-0.2, 0) is 10.1 Å². The Morgan fingerprint density at radius 3 is 2.24 bits per heavy atom. The van der Waals surface area contributed by atoms with Crippen molar-refractivity contribution in [3.63, 3.8) is 0 Å². The molecule has 0 aliphatic carbocycles. The monoisotopic (exact) mass is 298 g/mol. The third-order valence-corrected chi connectivity index (χ3v) is 4.33. The number of hydrogen-bond acceptors (Lipinski definition) is 4. The molecule has 0 aromatic heterocycles. The summed E-state index contributed by atoms with van der Waals surface area (Å²) >= 11 is 0. The van der Waals surface area contributed by atoms with Gasteiger partial charge in [0.2, 0.25) is 0 Å². The summed E-state index contributed by atoms with van der Waals surface area (Å²) in [5, 5.41) is 11.6. The molecule has 0 unspecified atom stereocenters. The van der Waals surface area contributed by atoms with Crippen LogP contribution in [0.3, 0.4) is 0 Å². The fraction of sp³-hybridized carbons (Fsp3) is 0. The lowest BCUT2D eigenvalue weighted by Gasteiger charge is -2.10. The minimum absolute atomic E-state index is 0.0189. The second kappa shape index (κ2) is 4.45. The Morgan fingerprint density at radius 1 is 1.05 bits per heavy atom. The van der Waals surface area contributed by atoms with Crippen LogP contribution in [0.15, 0.2) is 47.4 Å². The van der Waals surface area contributed by atoms with E-state index in [0.29, 0.717) is 10.8 Å². The number of nitrogen functional groups attached to an aromatic ring is 1. The molecule has 0 saturated heterocycles. The van der Waals surface area contributed by atoms with E-state index in [2.05, 4.69) is 0 Å². The molecule has 0 fully saturated rings. The Bertz CT molecular complexity index is 1030. The lowest BCUT2D eigenvalue weighted by molar-refractivity contribution is 0.484. The van der Waals surface area contributed by atoms with Crippen molar-refractivity contribution in [1.82, 2.24) is 0 Å². The molecule has 0 heterocycles. The topological polar surface area (TPSA) is 104 Å². The third-order valence-electron chi connectivity index (χ3n) is 3.38. The Morgan fingerprint density at radius 2 is 1.67 bits per heavy atom. The summed E-state index contributed by atoms with van der Waals surface area (Å²) in [5.74, 6) is 0. The van der Waals surface area contributed by atoms with Gasteiger partial charge in [-0.1, -0.05) is 24.3 Å². The average molecular weight is 298 g/mol. The number of nitrogens with zero attached hydrogens (tertiary/aromatic N) is 1. The van der Waals surface area contributed by atoms with Crippen molar-refractivity contribution in [1.29, 1.82) is 5.26 Å². The lowest BCUT2D eigenvalue weighted by atomic mass is 10.0. The van der Waals surface area contributed by atoms with Gasteiger partial charge in [0.15, 0.2) is 0 Å². The molecule has 0 spiro atoms. The zero-order chi connectivity index (χ0) is 15.2. The Labute approximate surface area is 121 Å². The van der Waals surface area contributed by atoms with Crippen molar-refractivity contribution in [2.75, 3.05) is 5.73 Å². The van der Waals surface area contributed by atoms with E-state index in [1.54, 1.807) is 12.1 Å². The number of benzene rings is 3. The lowest BCUT2D eigenvalue weighted by Crippen LogP contribution is -2.06. The van der Waals surface area contributed by atoms with Gasteiger partial charge in [0.25, 0.3) is 10.1 Å². The SMILES string of the molecule is N#Cc1cc2cc3ccccc3cc2c(S(=O)(=O)O)c1N. The zero-order valence-electron chi connectivity index (χ0n) is 10.7. The predicted molar refractivity (Wildman–Crippen MR) is 80.4 cm³/mol. The molecule has 3 rings (SSSR count). The summed E-state index contributed by atoms with van der Waals surface area (Å²) in [6, 6.07) is 14.2. The van der Waals surface area contributed by atoms with Gasteiger partial charge in [0.05, 0.1) is 11.3 Å². The summed E-state index contributed by atoms with van der Waals surface area (Å²) in [6.07, 6.45) is 0. The average Bonchev–Trinajstić information content (AvgIpc) is 2.43. The van der Waals surface area contributed by atoms with Crippen LogP contribution in [0.5, 0.6) is 0 Å². The van der Waals surface area contributed by atoms with Gasteiger partial charge in [0, 0.05) is 5.39 Å². The first-order valence-electron chi connectivity index (χ1n) is 6.04. The Balaban J connectivity index is 2.61. The van der Waals surface area contributed by atoms with Gasteiger partial charge < -0.3 is 5.73 Å². The van der Waals surface area contributed by atoms with E-state index >= 15 is 0 Å². The van der Waals surface area contributed by atoms with E-state index in [4.69, 9.17) is 11.0 Å². The number of anilines is 1. The molecule has 3 N–H and O–H groups in total. The number of fused-ring (bicyclic) bond motifs is 2. The quantitative estimate of drug-likeness (QED) is 0.408. The van der Waals surface area contributed by atoms with Crippen molar-refractivity contribution < 1.29 is 13.0 Å². The van der Waals surface area contributed by atoms with Gasteiger partial charge in [-0.3, -0.25) is 4.55 Å². The minimum Gasteiger partial charge on any atom is -0.397 e. The van der Waals surface area contributed by atoms with Crippen LogP contribution in [0, 0.1) is 11.3 Å². The fourth-order valence-corrected chi connectivity index (χ4v) is 3.29. The van der Waals surface area contributed by atoms with Crippen molar-refractivity contribution >= 4 is 37.4 Å². The predicted octanol–water partition coefficient (Wildman–Crippen LogP) is 2.69. The summed E-state index contributed by atoms with van der Waals surface area (Å²) < 4.78 is 32.7. The zero-order valence-corrected chi connectivity index (χ0v) is 11.6. The summed E-state index contributed by atoms with van der Waals surface area (Å²) in [5.41, 5.74) is 5.51. The molecule has 0 saturated carbocycles. The maximum Gasteiger partial charge on any atom is 0.297 e. The van der Waals surface area contributed by atoms with Gasteiger partial charge in [-0.25, -0.2) is 0 Å². The molecular weight excluding hydrogens is 288 g/mol. The molecule has 21 heavy (non-hydrogen) atoms.